The molecule has 1 heterocycles. The molecular weight excluding hydrogens is 398 g/mol. The van der Waals surface area contributed by atoms with Crippen LogP contribution >= 0.6 is 12.2 Å². The van der Waals surface area contributed by atoms with Crippen molar-refractivity contribution in [3.63, 3.8) is 0 Å². The highest BCUT2D eigenvalue weighted by atomic mass is 32.1. The molecule has 0 aliphatic heterocycles. The molecule has 158 valence electrons. The topological polar surface area (TPSA) is 77.6 Å². The maximum atomic E-state index is 12.7. The van der Waals surface area contributed by atoms with Gasteiger partial charge < -0.3 is 25.0 Å². The van der Waals surface area contributed by atoms with Crippen LogP contribution in [-0.2, 0) is 6.54 Å². The summed E-state index contributed by atoms with van der Waals surface area (Å²) in [7, 11) is 0. The van der Waals surface area contributed by atoms with E-state index in [-0.39, 0.29) is 12.2 Å². The van der Waals surface area contributed by atoms with Crippen LogP contribution in [-0.4, -0.2) is 39.9 Å². The molecule has 0 radical (unpaired) electrons. The molecular formula is C23H27N3O3S. The molecule has 0 fully saturated rings. The zero-order chi connectivity index (χ0) is 21.7. The van der Waals surface area contributed by atoms with Gasteiger partial charge in [-0.3, -0.25) is 4.79 Å². The van der Waals surface area contributed by atoms with Crippen LogP contribution in [0.25, 0.3) is 10.9 Å². The maximum absolute atomic E-state index is 12.7. The number of fused-ring (bicyclic) bond motifs is 1. The number of aryl methyl sites for hydroxylation is 2. The Hall–Kier alpha value is -2.90. The highest BCUT2D eigenvalue weighted by Gasteiger charge is 2.14. The Labute approximate surface area is 181 Å². The van der Waals surface area contributed by atoms with E-state index in [2.05, 4.69) is 10.3 Å². The molecule has 2 aromatic carbocycles. The first-order valence-electron chi connectivity index (χ1n) is 9.94. The van der Waals surface area contributed by atoms with Crippen LogP contribution in [0.4, 0.5) is 5.69 Å². The van der Waals surface area contributed by atoms with Crippen LogP contribution in [0.3, 0.4) is 0 Å². The second-order valence-electron chi connectivity index (χ2n) is 7.13. The minimum atomic E-state index is -0.150. The van der Waals surface area contributed by atoms with Crippen LogP contribution in [0, 0.1) is 13.8 Å². The Kier molecular flexibility index (Phi) is 7.07. The van der Waals surface area contributed by atoms with E-state index in [4.69, 9.17) is 17.0 Å². The molecule has 0 aliphatic rings. The van der Waals surface area contributed by atoms with Crippen LogP contribution < -0.4 is 15.6 Å². The van der Waals surface area contributed by atoms with Crippen LogP contribution in [0.15, 0.2) is 47.3 Å². The number of aliphatic hydroxyl groups is 1. The lowest BCUT2D eigenvalue weighted by Gasteiger charge is -2.25. The van der Waals surface area contributed by atoms with Crippen LogP contribution in [0.2, 0.25) is 0 Å². The van der Waals surface area contributed by atoms with Gasteiger partial charge in [0.25, 0.3) is 5.56 Å². The standard InChI is InChI=1S/C23H27N3O3S/c1-4-29-20-9-7-19(8-10-20)24-23(30)26(11-12-27)14-18-13-17-6-5-15(2)16(3)21(17)25-22(18)28/h5-10,13,27H,4,11-12,14H2,1-3H3,(H,24,30)(H,25,28). The number of hydrogen-bond acceptors (Lipinski definition) is 4. The molecule has 0 atom stereocenters. The number of nitrogens with one attached hydrogen (secondary N) is 2. The summed E-state index contributed by atoms with van der Waals surface area (Å²) in [5.74, 6) is 0.786. The number of thiocarbonyl (C=S) groups is 1. The van der Waals surface area contributed by atoms with Gasteiger partial charge in [0.15, 0.2) is 5.11 Å². The van der Waals surface area contributed by atoms with Gasteiger partial charge in [0.2, 0.25) is 0 Å². The van der Waals surface area contributed by atoms with Crippen molar-refractivity contribution in [1.82, 2.24) is 9.88 Å². The Balaban J connectivity index is 1.81. The molecule has 0 unspecified atom stereocenters. The van der Waals surface area contributed by atoms with E-state index in [1.807, 2.05) is 63.2 Å². The summed E-state index contributed by atoms with van der Waals surface area (Å²) >= 11 is 5.54. The second kappa shape index (κ2) is 9.73. The molecule has 0 saturated heterocycles. The normalized spacial score (nSPS) is 10.8. The van der Waals surface area contributed by atoms with E-state index < -0.39 is 0 Å². The molecule has 3 N–H and O–H groups in total. The van der Waals surface area contributed by atoms with Crippen molar-refractivity contribution in [2.75, 3.05) is 25.1 Å². The minimum Gasteiger partial charge on any atom is -0.494 e. The Morgan fingerprint density at radius 1 is 1.20 bits per heavy atom. The number of aliphatic hydroxyl groups excluding tert-OH is 1. The SMILES string of the molecule is CCOc1ccc(NC(=S)N(CCO)Cc2cc3ccc(C)c(C)c3[nH]c2=O)cc1. The number of nitrogens with zero attached hydrogens (tertiary/aromatic N) is 1. The molecule has 3 rings (SSSR count). The quantitative estimate of drug-likeness (QED) is 0.501. The predicted molar refractivity (Wildman–Crippen MR) is 125 cm³/mol. The molecule has 0 amide bonds. The van der Waals surface area contributed by atoms with E-state index in [0.717, 1.165) is 33.5 Å². The first-order valence-corrected chi connectivity index (χ1v) is 10.4. The fourth-order valence-corrected chi connectivity index (χ4v) is 3.54. The van der Waals surface area contributed by atoms with Crippen molar-refractivity contribution in [3.8, 4) is 5.75 Å². The van der Waals surface area contributed by atoms with E-state index >= 15 is 0 Å². The summed E-state index contributed by atoms with van der Waals surface area (Å²) in [5, 5.41) is 14.1. The largest absolute Gasteiger partial charge is 0.494 e. The highest BCUT2D eigenvalue weighted by molar-refractivity contribution is 7.80. The summed E-state index contributed by atoms with van der Waals surface area (Å²) in [4.78, 5) is 17.5. The molecule has 30 heavy (non-hydrogen) atoms. The number of aromatic nitrogens is 1. The van der Waals surface area contributed by atoms with Crippen molar-refractivity contribution < 1.29 is 9.84 Å². The highest BCUT2D eigenvalue weighted by Crippen LogP contribution is 2.20. The third-order valence-corrected chi connectivity index (χ3v) is 5.42. The van der Waals surface area contributed by atoms with Crippen molar-refractivity contribution in [1.29, 1.82) is 0 Å². The smallest absolute Gasteiger partial charge is 0.253 e. The monoisotopic (exact) mass is 425 g/mol. The van der Waals surface area contributed by atoms with E-state index in [0.29, 0.717) is 30.4 Å². The lowest BCUT2D eigenvalue weighted by molar-refractivity contribution is 0.248. The van der Waals surface area contributed by atoms with Gasteiger partial charge in [-0.25, -0.2) is 0 Å². The summed E-state index contributed by atoms with van der Waals surface area (Å²) in [6.45, 7) is 7.10. The third kappa shape index (κ3) is 4.98. The van der Waals surface area contributed by atoms with E-state index in [1.165, 1.54) is 0 Å². The first kappa shape index (κ1) is 21.8. The molecule has 0 saturated carbocycles. The summed E-state index contributed by atoms with van der Waals surface area (Å²) in [6, 6.07) is 13.4. The summed E-state index contributed by atoms with van der Waals surface area (Å²) in [5.41, 5.74) is 4.31. The Bertz CT molecular complexity index is 1090. The maximum Gasteiger partial charge on any atom is 0.253 e. The predicted octanol–water partition coefficient (Wildman–Crippen LogP) is 3.73. The van der Waals surface area contributed by atoms with E-state index in [1.54, 1.807) is 4.90 Å². The van der Waals surface area contributed by atoms with E-state index in [9.17, 15) is 9.90 Å². The average molecular weight is 426 g/mol. The van der Waals surface area contributed by atoms with Gasteiger partial charge >= 0.3 is 0 Å². The average Bonchev–Trinajstić information content (AvgIpc) is 2.73. The van der Waals surface area contributed by atoms with Gasteiger partial charge in [-0.15, -0.1) is 0 Å². The zero-order valence-electron chi connectivity index (χ0n) is 17.5. The lowest BCUT2D eigenvalue weighted by Crippen LogP contribution is -2.37. The Morgan fingerprint density at radius 2 is 1.93 bits per heavy atom. The van der Waals surface area contributed by atoms with Gasteiger partial charge in [-0.2, -0.15) is 0 Å². The molecule has 7 heteroatoms. The summed E-state index contributed by atoms with van der Waals surface area (Å²) < 4.78 is 5.45. The number of benzene rings is 2. The number of hydrogen-bond donors (Lipinski definition) is 3. The molecule has 3 aromatic rings. The van der Waals surface area contributed by atoms with Crippen molar-refractivity contribution in [2.24, 2.45) is 0 Å². The fourth-order valence-electron chi connectivity index (χ4n) is 3.27. The number of anilines is 1. The molecule has 0 spiro atoms. The first-order chi connectivity index (χ1) is 14.4. The Morgan fingerprint density at radius 3 is 2.60 bits per heavy atom. The van der Waals surface area contributed by atoms with Gasteiger partial charge in [0, 0.05) is 17.8 Å². The van der Waals surface area contributed by atoms with Crippen LogP contribution in [0.1, 0.15) is 23.6 Å². The molecule has 0 aliphatic carbocycles. The van der Waals surface area contributed by atoms with Gasteiger partial charge in [-0.05, 0) is 79.8 Å². The van der Waals surface area contributed by atoms with Gasteiger partial charge in [-0.1, -0.05) is 12.1 Å². The van der Waals surface area contributed by atoms with Crippen molar-refractivity contribution in [2.45, 2.75) is 27.3 Å². The zero-order valence-corrected chi connectivity index (χ0v) is 18.3. The minimum absolute atomic E-state index is 0.0745. The van der Waals surface area contributed by atoms with Crippen LogP contribution in [0.5, 0.6) is 5.75 Å². The molecule has 1 aromatic heterocycles. The lowest BCUT2D eigenvalue weighted by atomic mass is 10.0. The number of aromatic amines is 1. The van der Waals surface area contributed by atoms with Gasteiger partial charge in [0.1, 0.15) is 5.75 Å². The number of pyridine rings is 1. The third-order valence-electron chi connectivity index (χ3n) is 5.06. The second-order valence-corrected chi connectivity index (χ2v) is 7.51. The van der Waals surface area contributed by atoms with Crippen molar-refractivity contribution in [3.05, 3.63) is 69.5 Å². The number of ether oxygens (including phenoxy) is 1. The molecule has 0 bridgehead atoms. The molecule has 6 nitrogen and oxygen atoms in total. The number of H-pyrrole nitrogens is 1. The van der Waals surface area contributed by atoms with Gasteiger partial charge in [0.05, 0.1) is 25.3 Å². The number of rotatable bonds is 7. The fraction of sp³-hybridized carbons (Fsp3) is 0.304. The summed E-state index contributed by atoms with van der Waals surface area (Å²) in [6.07, 6.45) is 0. The van der Waals surface area contributed by atoms with Crippen molar-refractivity contribution >= 4 is 33.9 Å².